The van der Waals surface area contributed by atoms with E-state index in [1.54, 1.807) is 0 Å². The SMILES string of the molecule is CCCNC(=O)CCNC(=O)C1(C)CCCCN1.Cl. The molecule has 1 heterocycles. The largest absolute Gasteiger partial charge is 0.356 e. The summed E-state index contributed by atoms with van der Waals surface area (Å²) >= 11 is 0. The van der Waals surface area contributed by atoms with Crippen LogP contribution in [0.3, 0.4) is 0 Å². The van der Waals surface area contributed by atoms with Crippen molar-refractivity contribution in [1.29, 1.82) is 0 Å². The molecule has 1 rings (SSSR count). The van der Waals surface area contributed by atoms with Gasteiger partial charge in [-0.05, 0) is 39.2 Å². The number of carbonyl (C=O) groups is 2. The first-order valence-electron chi connectivity index (χ1n) is 6.88. The molecule has 0 spiro atoms. The number of hydrogen-bond donors (Lipinski definition) is 3. The molecule has 6 heteroatoms. The summed E-state index contributed by atoms with van der Waals surface area (Å²) in [5.41, 5.74) is -0.460. The number of hydrogen-bond acceptors (Lipinski definition) is 3. The van der Waals surface area contributed by atoms with E-state index >= 15 is 0 Å². The summed E-state index contributed by atoms with van der Waals surface area (Å²) in [5, 5.41) is 8.88. The van der Waals surface area contributed by atoms with Gasteiger partial charge in [0.05, 0.1) is 5.54 Å². The summed E-state index contributed by atoms with van der Waals surface area (Å²) in [4.78, 5) is 23.4. The molecule has 1 fully saturated rings. The van der Waals surface area contributed by atoms with Crippen LogP contribution in [-0.2, 0) is 9.59 Å². The number of rotatable bonds is 6. The third kappa shape index (κ3) is 6.25. The highest BCUT2D eigenvalue weighted by Gasteiger charge is 2.33. The van der Waals surface area contributed by atoms with Crippen LogP contribution in [0, 0.1) is 0 Å². The van der Waals surface area contributed by atoms with Crippen molar-refractivity contribution in [3.05, 3.63) is 0 Å². The van der Waals surface area contributed by atoms with Gasteiger partial charge in [0.2, 0.25) is 11.8 Å². The summed E-state index contributed by atoms with van der Waals surface area (Å²) < 4.78 is 0. The second kappa shape index (κ2) is 9.15. The first-order valence-corrected chi connectivity index (χ1v) is 6.88. The summed E-state index contributed by atoms with van der Waals surface area (Å²) in [5.74, 6) is 0.00407. The van der Waals surface area contributed by atoms with E-state index in [4.69, 9.17) is 0 Å². The van der Waals surface area contributed by atoms with E-state index in [1.165, 1.54) is 0 Å². The van der Waals surface area contributed by atoms with Gasteiger partial charge in [-0.25, -0.2) is 0 Å². The third-order valence-electron chi connectivity index (χ3n) is 3.33. The van der Waals surface area contributed by atoms with Gasteiger partial charge in [-0.2, -0.15) is 0 Å². The molecule has 3 N–H and O–H groups in total. The van der Waals surface area contributed by atoms with Gasteiger partial charge in [0, 0.05) is 19.5 Å². The molecule has 0 aromatic carbocycles. The fourth-order valence-electron chi connectivity index (χ4n) is 2.09. The van der Waals surface area contributed by atoms with Crippen LogP contribution in [-0.4, -0.2) is 37.0 Å². The van der Waals surface area contributed by atoms with Gasteiger partial charge in [0.15, 0.2) is 0 Å². The van der Waals surface area contributed by atoms with Crippen LogP contribution < -0.4 is 16.0 Å². The van der Waals surface area contributed by atoms with E-state index in [0.717, 1.165) is 32.2 Å². The Labute approximate surface area is 121 Å². The smallest absolute Gasteiger partial charge is 0.240 e. The van der Waals surface area contributed by atoms with Crippen molar-refractivity contribution in [1.82, 2.24) is 16.0 Å². The Morgan fingerprint density at radius 2 is 1.95 bits per heavy atom. The lowest BCUT2D eigenvalue weighted by atomic mass is 9.90. The van der Waals surface area contributed by atoms with Crippen molar-refractivity contribution >= 4 is 24.2 Å². The lowest BCUT2D eigenvalue weighted by molar-refractivity contribution is -0.128. The Morgan fingerprint density at radius 3 is 2.53 bits per heavy atom. The standard InChI is InChI=1S/C13H25N3O2.ClH/c1-3-8-14-11(17)6-10-15-12(18)13(2)7-4-5-9-16-13;/h16H,3-10H2,1-2H3,(H,14,17)(H,15,18);1H. The number of piperidine rings is 1. The molecule has 0 aromatic rings. The van der Waals surface area contributed by atoms with Crippen LogP contribution in [0.25, 0.3) is 0 Å². The Bertz CT molecular complexity index is 292. The lowest BCUT2D eigenvalue weighted by Crippen LogP contribution is -2.57. The third-order valence-corrected chi connectivity index (χ3v) is 3.33. The minimum atomic E-state index is -0.460. The maximum atomic E-state index is 12.0. The highest BCUT2D eigenvalue weighted by molar-refractivity contribution is 5.86. The molecule has 0 saturated carbocycles. The summed E-state index contributed by atoms with van der Waals surface area (Å²) in [6.07, 6.45) is 4.35. The van der Waals surface area contributed by atoms with Crippen LogP contribution in [0.5, 0.6) is 0 Å². The van der Waals surface area contributed by atoms with Crippen LogP contribution >= 0.6 is 12.4 Å². The quantitative estimate of drug-likeness (QED) is 0.683. The highest BCUT2D eigenvalue weighted by atomic mass is 35.5. The van der Waals surface area contributed by atoms with Crippen LogP contribution in [0.1, 0.15) is 46.0 Å². The topological polar surface area (TPSA) is 70.2 Å². The number of halogens is 1. The minimum absolute atomic E-state index is 0. The van der Waals surface area contributed by atoms with Crippen molar-refractivity contribution in [3.63, 3.8) is 0 Å². The van der Waals surface area contributed by atoms with E-state index in [9.17, 15) is 9.59 Å². The maximum Gasteiger partial charge on any atom is 0.240 e. The summed E-state index contributed by atoms with van der Waals surface area (Å²) in [6, 6.07) is 0. The molecular formula is C13H26ClN3O2. The van der Waals surface area contributed by atoms with E-state index in [0.29, 0.717) is 19.5 Å². The molecule has 2 amide bonds. The summed E-state index contributed by atoms with van der Waals surface area (Å²) in [7, 11) is 0. The van der Waals surface area contributed by atoms with Gasteiger partial charge in [-0.15, -0.1) is 12.4 Å². The van der Waals surface area contributed by atoms with E-state index < -0.39 is 5.54 Å². The van der Waals surface area contributed by atoms with E-state index in [2.05, 4.69) is 16.0 Å². The zero-order valence-electron chi connectivity index (χ0n) is 11.9. The monoisotopic (exact) mass is 291 g/mol. The molecule has 0 bridgehead atoms. The van der Waals surface area contributed by atoms with Crippen LogP contribution in [0.2, 0.25) is 0 Å². The molecule has 0 aliphatic carbocycles. The predicted octanol–water partition coefficient (Wildman–Crippen LogP) is 0.973. The number of amides is 2. The lowest BCUT2D eigenvalue weighted by Gasteiger charge is -2.33. The van der Waals surface area contributed by atoms with Crippen molar-refractivity contribution in [2.45, 2.75) is 51.5 Å². The minimum Gasteiger partial charge on any atom is -0.356 e. The first kappa shape index (κ1) is 18.2. The van der Waals surface area contributed by atoms with Gasteiger partial charge in [-0.1, -0.05) is 6.92 Å². The molecular weight excluding hydrogens is 266 g/mol. The number of nitrogens with one attached hydrogen (secondary N) is 3. The molecule has 19 heavy (non-hydrogen) atoms. The Kier molecular flexibility index (Phi) is 8.76. The van der Waals surface area contributed by atoms with Crippen molar-refractivity contribution in [3.8, 4) is 0 Å². The molecule has 1 saturated heterocycles. The molecule has 0 radical (unpaired) electrons. The molecule has 1 atom stereocenters. The zero-order chi connectivity index (χ0) is 13.4. The molecule has 1 aliphatic rings. The first-order chi connectivity index (χ1) is 8.58. The normalized spacial score (nSPS) is 22.2. The second-order valence-electron chi connectivity index (χ2n) is 5.07. The Balaban J connectivity index is 0.00000324. The Hall–Kier alpha value is -0.810. The van der Waals surface area contributed by atoms with Gasteiger partial charge in [-0.3, -0.25) is 9.59 Å². The second-order valence-corrected chi connectivity index (χ2v) is 5.07. The molecule has 5 nitrogen and oxygen atoms in total. The van der Waals surface area contributed by atoms with Crippen LogP contribution in [0.15, 0.2) is 0 Å². The average Bonchev–Trinajstić information content (AvgIpc) is 2.37. The Morgan fingerprint density at radius 1 is 1.21 bits per heavy atom. The molecule has 1 aliphatic heterocycles. The van der Waals surface area contributed by atoms with Gasteiger partial charge in [0.25, 0.3) is 0 Å². The highest BCUT2D eigenvalue weighted by Crippen LogP contribution is 2.18. The van der Waals surface area contributed by atoms with Gasteiger partial charge >= 0.3 is 0 Å². The van der Waals surface area contributed by atoms with Crippen molar-refractivity contribution in [2.24, 2.45) is 0 Å². The number of carbonyl (C=O) groups excluding carboxylic acids is 2. The van der Waals surface area contributed by atoms with Gasteiger partial charge in [0.1, 0.15) is 0 Å². The van der Waals surface area contributed by atoms with Gasteiger partial charge < -0.3 is 16.0 Å². The fraction of sp³-hybridized carbons (Fsp3) is 0.846. The van der Waals surface area contributed by atoms with E-state index in [1.807, 2.05) is 13.8 Å². The van der Waals surface area contributed by atoms with Crippen molar-refractivity contribution in [2.75, 3.05) is 19.6 Å². The average molecular weight is 292 g/mol. The molecule has 1 unspecified atom stereocenters. The molecule has 0 aromatic heterocycles. The maximum absolute atomic E-state index is 12.0. The summed E-state index contributed by atoms with van der Waals surface area (Å²) in [6.45, 7) is 5.94. The van der Waals surface area contributed by atoms with Crippen molar-refractivity contribution < 1.29 is 9.59 Å². The molecule has 112 valence electrons. The van der Waals surface area contributed by atoms with Crippen LogP contribution in [0.4, 0.5) is 0 Å². The zero-order valence-corrected chi connectivity index (χ0v) is 12.7. The van der Waals surface area contributed by atoms with E-state index in [-0.39, 0.29) is 24.2 Å². The fourth-order valence-corrected chi connectivity index (χ4v) is 2.09. The predicted molar refractivity (Wildman–Crippen MR) is 78.4 cm³/mol.